The Kier molecular flexibility index (Phi) is 5.23. The van der Waals surface area contributed by atoms with Crippen molar-refractivity contribution in [2.45, 2.75) is 31.0 Å². The number of alkyl halides is 3. The van der Waals surface area contributed by atoms with Crippen LogP contribution in [0.1, 0.15) is 30.1 Å². The van der Waals surface area contributed by atoms with Crippen LogP contribution in [-0.4, -0.2) is 59.7 Å². The maximum absolute atomic E-state index is 12.6. The monoisotopic (exact) mass is 307 g/mol. The maximum Gasteiger partial charge on any atom is 0.435 e. The molecule has 2 atom stereocenters. The smallest absolute Gasteiger partial charge is 0.389 e. The van der Waals surface area contributed by atoms with E-state index >= 15 is 0 Å². The predicted molar refractivity (Wildman–Crippen MR) is 69.9 cm³/mol. The molecule has 1 fully saturated rings. The zero-order valence-corrected chi connectivity index (χ0v) is 11.9. The molecule has 0 amide bonds. The minimum Gasteiger partial charge on any atom is -0.389 e. The number of aliphatic hydroxyl groups is 1. The van der Waals surface area contributed by atoms with Gasteiger partial charge in [-0.25, -0.2) is 0 Å². The largest absolute Gasteiger partial charge is 0.435 e. The fraction of sp³-hybridized carbons (Fsp3) is 0.769. The molecular weight excluding hydrogens is 287 g/mol. The summed E-state index contributed by atoms with van der Waals surface area (Å²) < 4.78 is 42.6. The van der Waals surface area contributed by atoms with Crippen LogP contribution in [0, 0.1) is 0 Å². The highest BCUT2D eigenvalue weighted by molar-refractivity contribution is 5.16. The number of H-pyrrole nitrogens is 1. The van der Waals surface area contributed by atoms with Gasteiger partial charge in [0.05, 0.1) is 12.7 Å². The molecule has 1 aliphatic heterocycles. The Hall–Kier alpha value is -1.12. The lowest BCUT2D eigenvalue weighted by atomic mass is 9.94. The second kappa shape index (κ2) is 6.76. The third-order valence-electron chi connectivity index (χ3n) is 3.66. The van der Waals surface area contributed by atoms with Gasteiger partial charge in [0.25, 0.3) is 0 Å². The molecule has 1 aliphatic rings. The fourth-order valence-corrected chi connectivity index (χ4v) is 2.71. The van der Waals surface area contributed by atoms with Crippen LogP contribution in [0.25, 0.3) is 0 Å². The molecule has 0 radical (unpaired) electrons. The number of β-amino-alcohol motifs (C(OH)–C–C–N with tert-alkyl or cyclic N) is 1. The van der Waals surface area contributed by atoms with E-state index in [1.807, 2.05) is 4.90 Å². The van der Waals surface area contributed by atoms with E-state index in [0.29, 0.717) is 18.8 Å². The number of likely N-dealkylation sites (tertiary alicyclic amines) is 1. The number of ether oxygens (including phenoxy) is 1. The summed E-state index contributed by atoms with van der Waals surface area (Å²) in [6, 6.07) is 1.08. The molecule has 0 aliphatic carbocycles. The van der Waals surface area contributed by atoms with E-state index < -0.39 is 18.0 Å². The van der Waals surface area contributed by atoms with Crippen molar-refractivity contribution in [1.82, 2.24) is 15.1 Å². The van der Waals surface area contributed by atoms with Crippen LogP contribution in [-0.2, 0) is 10.9 Å². The summed E-state index contributed by atoms with van der Waals surface area (Å²) in [6.07, 6.45) is -3.31. The molecule has 2 rings (SSSR count). The standard InChI is InChI=1S/C13H20F3N3O2/c1-21-8-10(20)7-19-4-2-3-9(6-19)11-5-12(18-17-11)13(14,15)16/h5,9-10,20H,2-4,6-8H2,1H3,(H,17,18)/t9-,10-/m0/s1. The van der Waals surface area contributed by atoms with Crippen molar-refractivity contribution in [2.24, 2.45) is 0 Å². The molecule has 21 heavy (non-hydrogen) atoms. The van der Waals surface area contributed by atoms with E-state index in [9.17, 15) is 18.3 Å². The van der Waals surface area contributed by atoms with Crippen LogP contribution in [0.3, 0.4) is 0 Å². The van der Waals surface area contributed by atoms with Crippen molar-refractivity contribution in [2.75, 3.05) is 33.4 Å². The summed E-state index contributed by atoms with van der Waals surface area (Å²) in [4.78, 5) is 2.05. The lowest BCUT2D eigenvalue weighted by Crippen LogP contribution is -2.40. The number of halogens is 3. The molecule has 1 saturated heterocycles. The van der Waals surface area contributed by atoms with Gasteiger partial charge in [-0.2, -0.15) is 18.3 Å². The Morgan fingerprint density at radius 2 is 2.33 bits per heavy atom. The molecule has 0 saturated carbocycles. The Balaban J connectivity index is 1.96. The number of nitrogens with zero attached hydrogens (tertiary/aromatic N) is 2. The molecule has 1 aromatic heterocycles. The molecule has 5 nitrogen and oxygen atoms in total. The topological polar surface area (TPSA) is 61.4 Å². The normalized spacial score (nSPS) is 22.4. The minimum absolute atomic E-state index is 0.0166. The SMILES string of the molecule is COC[C@@H](O)CN1CCC[C@H](c2cc(C(F)(F)F)n[nH]2)C1. The number of piperidine rings is 1. The first-order valence-electron chi connectivity index (χ1n) is 6.92. The van der Waals surface area contributed by atoms with Crippen LogP contribution in [0.2, 0.25) is 0 Å². The number of aromatic nitrogens is 2. The van der Waals surface area contributed by atoms with Gasteiger partial charge in [0.1, 0.15) is 0 Å². The van der Waals surface area contributed by atoms with E-state index in [4.69, 9.17) is 4.74 Å². The van der Waals surface area contributed by atoms with Crippen molar-refractivity contribution in [3.8, 4) is 0 Å². The Labute approximate surface area is 121 Å². The number of nitrogens with one attached hydrogen (secondary N) is 1. The predicted octanol–water partition coefficient (Wildman–Crippen LogP) is 1.62. The van der Waals surface area contributed by atoms with Crippen LogP contribution < -0.4 is 0 Å². The van der Waals surface area contributed by atoms with Gasteiger partial charge in [-0.1, -0.05) is 0 Å². The molecule has 2 heterocycles. The minimum atomic E-state index is -4.42. The summed E-state index contributed by atoms with van der Waals surface area (Å²) in [5, 5.41) is 15.6. The van der Waals surface area contributed by atoms with Gasteiger partial charge in [-0.3, -0.25) is 5.10 Å². The fourth-order valence-electron chi connectivity index (χ4n) is 2.71. The quantitative estimate of drug-likeness (QED) is 0.868. The second-order valence-corrected chi connectivity index (χ2v) is 5.41. The highest BCUT2D eigenvalue weighted by Gasteiger charge is 2.35. The first kappa shape index (κ1) is 16.3. The zero-order chi connectivity index (χ0) is 15.5. The highest BCUT2D eigenvalue weighted by atomic mass is 19.4. The van der Waals surface area contributed by atoms with Gasteiger partial charge in [0.2, 0.25) is 0 Å². The van der Waals surface area contributed by atoms with Gasteiger partial charge in [-0.05, 0) is 25.5 Å². The van der Waals surface area contributed by atoms with E-state index in [-0.39, 0.29) is 12.5 Å². The van der Waals surface area contributed by atoms with E-state index in [2.05, 4.69) is 10.2 Å². The van der Waals surface area contributed by atoms with Gasteiger partial charge in [0.15, 0.2) is 5.69 Å². The number of hydrogen-bond donors (Lipinski definition) is 2. The maximum atomic E-state index is 12.6. The number of rotatable bonds is 5. The molecule has 0 bridgehead atoms. The van der Waals surface area contributed by atoms with Crippen LogP contribution in [0.4, 0.5) is 13.2 Å². The molecule has 8 heteroatoms. The Bertz CT molecular complexity index is 450. The summed E-state index contributed by atoms with van der Waals surface area (Å²) >= 11 is 0. The lowest BCUT2D eigenvalue weighted by molar-refractivity contribution is -0.141. The van der Waals surface area contributed by atoms with Gasteiger partial charge < -0.3 is 14.7 Å². The molecule has 120 valence electrons. The highest BCUT2D eigenvalue weighted by Crippen LogP contribution is 2.31. The third kappa shape index (κ3) is 4.42. The van der Waals surface area contributed by atoms with E-state index in [1.165, 1.54) is 7.11 Å². The van der Waals surface area contributed by atoms with Crippen molar-refractivity contribution < 1.29 is 23.0 Å². The van der Waals surface area contributed by atoms with Crippen molar-refractivity contribution in [3.63, 3.8) is 0 Å². The number of methoxy groups -OCH3 is 1. The van der Waals surface area contributed by atoms with Gasteiger partial charge >= 0.3 is 6.18 Å². The molecule has 0 aromatic carbocycles. The Morgan fingerprint density at radius 3 is 2.95 bits per heavy atom. The molecule has 0 spiro atoms. The van der Waals surface area contributed by atoms with Crippen LogP contribution in [0.15, 0.2) is 6.07 Å². The molecule has 0 unspecified atom stereocenters. The summed E-state index contributed by atoms with van der Waals surface area (Å²) in [6.45, 7) is 2.16. The summed E-state index contributed by atoms with van der Waals surface area (Å²) in [5.41, 5.74) is -0.373. The van der Waals surface area contributed by atoms with Crippen LogP contribution >= 0.6 is 0 Å². The van der Waals surface area contributed by atoms with Crippen molar-refractivity contribution in [1.29, 1.82) is 0 Å². The second-order valence-electron chi connectivity index (χ2n) is 5.41. The summed E-state index contributed by atoms with van der Waals surface area (Å²) in [5.74, 6) is -0.0166. The number of aliphatic hydroxyl groups excluding tert-OH is 1. The number of hydrogen-bond acceptors (Lipinski definition) is 4. The van der Waals surface area contributed by atoms with Crippen molar-refractivity contribution in [3.05, 3.63) is 17.5 Å². The van der Waals surface area contributed by atoms with Crippen LogP contribution in [0.5, 0.6) is 0 Å². The molecular formula is C13H20F3N3O2. The molecule has 1 aromatic rings. The lowest BCUT2D eigenvalue weighted by Gasteiger charge is -2.33. The van der Waals surface area contributed by atoms with Crippen molar-refractivity contribution >= 4 is 0 Å². The average Bonchev–Trinajstić information content (AvgIpc) is 2.88. The first-order valence-corrected chi connectivity index (χ1v) is 6.92. The van der Waals surface area contributed by atoms with Gasteiger partial charge in [0, 0.05) is 31.8 Å². The average molecular weight is 307 g/mol. The third-order valence-corrected chi connectivity index (χ3v) is 3.66. The first-order chi connectivity index (χ1) is 9.90. The van der Waals surface area contributed by atoms with Gasteiger partial charge in [-0.15, -0.1) is 0 Å². The Morgan fingerprint density at radius 1 is 1.57 bits per heavy atom. The van der Waals surface area contributed by atoms with E-state index in [0.717, 1.165) is 25.5 Å². The van der Waals surface area contributed by atoms with E-state index in [1.54, 1.807) is 0 Å². The zero-order valence-electron chi connectivity index (χ0n) is 11.9. The summed E-state index contributed by atoms with van der Waals surface area (Å²) in [7, 11) is 1.52. The number of aromatic amines is 1. The molecule has 2 N–H and O–H groups in total.